The number of rotatable bonds is 0. The molecule has 1 heterocycles. The Morgan fingerprint density at radius 1 is 1.70 bits per heavy atom. The smallest absolute Gasteiger partial charge is 0.179 e. The van der Waals surface area contributed by atoms with Crippen LogP contribution < -0.4 is 0 Å². The summed E-state index contributed by atoms with van der Waals surface area (Å²) in [5.74, 6) is -0.272. The summed E-state index contributed by atoms with van der Waals surface area (Å²) in [6, 6.07) is 1.61. The van der Waals surface area contributed by atoms with E-state index in [0.29, 0.717) is 5.82 Å². The van der Waals surface area contributed by atoms with Crippen molar-refractivity contribution in [3.63, 3.8) is 0 Å². The molecule has 0 aliphatic heterocycles. The summed E-state index contributed by atoms with van der Waals surface area (Å²) in [7, 11) is 0. The van der Waals surface area contributed by atoms with Gasteiger partial charge in [0.1, 0.15) is 11.9 Å². The summed E-state index contributed by atoms with van der Waals surface area (Å²) in [5, 5.41) is 8.26. The maximum absolute atomic E-state index is 12.4. The van der Waals surface area contributed by atoms with E-state index >= 15 is 0 Å². The molecule has 0 N–H and O–H groups in total. The Morgan fingerprint density at radius 3 is 2.90 bits per heavy atom. The van der Waals surface area contributed by atoms with Gasteiger partial charge < -0.3 is 0 Å². The van der Waals surface area contributed by atoms with Crippen molar-refractivity contribution < 1.29 is 4.39 Å². The number of nitriles is 1. The zero-order valence-electron chi connectivity index (χ0n) is 5.30. The Labute approximate surface area is 57.2 Å². The molecule has 3 nitrogen and oxygen atoms in total. The van der Waals surface area contributed by atoms with Gasteiger partial charge in [-0.1, -0.05) is 0 Å². The highest BCUT2D eigenvalue weighted by atomic mass is 19.1. The highest BCUT2D eigenvalue weighted by Gasteiger charge is 2.01. The van der Waals surface area contributed by atoms with Gasteiger partial charge in [0.05, 0.1) is 6.20 Å². The van der Waals surface area contributed by atoms with Crippen LogP contribution in [0.4, 0.5) is 4.39 Å². The van der Waals surface area contributed by atoms with Crippen molar-refractivity contribution in [2.24, 2.45) is 0 Å². The van der Waals surface area contributed by atoms with Crippen LogP contribution >= 0.6 is 0 Å². The molecule has 0 spiro atoms. The normalized spacial score (nSPS) is 8.90. The molecule has 0 saturated carbocycles. The van der Waals surface area contributed by atoms with E-state index in [1.807, 2.05) is 0 Å². The lowest BCUT2D eigenvalue weighted by Gasteiger charge is -1.91. The van der Waals surface area contributed by atoms with Crippen molar-refractivity contribution in [1.29, 1.82) is 5.26 Å². The number of nitrogens with zero attached hydrogens (tertiary/aromatic N) is 3. The average molecular weight is 137 g/mol. The minimum absolute atomic E-state index is 0.201. The summed E-state index contributed by atoms with van der Waals surface area (Å²) < 4.78 is 12.4. The van der Waals surface area contributed by atoms with E-state index < -0.39 is 5.82 Å². The first-order valence-corrected chi connectivity index (χ1v) is 2.63. The molecular formula is C6H4FN3. The maximum Gasteiger partial charge on any atom is 0.179 e. The summed E-state index contributed by atoms with van der Waals surface area (Å²) in [6.45, 7) is 1.60. The Hall–Kier alpha value is -1.50. The second-order valence-electron chi connectivity index (χ2n) is 1.73. The third-order valence-electron chi connectivity index (χ3n) is 0.970. The SMILES string of the molecule is Cc1ncc(F)c(C#N)n1. The minimum atomic E-state index is -0.673. The fraction of sp³-hybridized carbons (Fsp3) is 0.167. The molecule has 0 amide bonds. The molecule has 1 aromatic heterocycles. The number of hydrogen-bond acceptors (Lipinski definition) is 3. The molecule has 0 aliphatic carbocycles. The van der Waals surface area contributed by atoms with Crippen LogP contribution in [0.1, 0.15) is 11.5 Å². The minimum Gasteiger partial charge on any atom is -0.239 e. The van der Waals surface area contributed by atoms with Gasteiger partial charge in [0, 0.05) is 0 Å². The molecule has 0 fully saturated rings. The van der Waals surface area contributed by atoms with Crippen LogP contribution in [0.15, 0.2) is 6.20 Å². The average Bonchev–Trinajstić information content (AvgIpc) is 1.94. The molecule has 1 rings (SSSR count). The summed E-state index contributed by atoms with van der Waals surface area (Å²) >= 11 is 0. The summed E-state index contributed by atoms with van der Waals surface area (Å²) in [6.07, 6.45) is 0.987. The highest BCUT2D eigenvalue weighted by molar-refractivity contribution is 5.19. The topological polar surface area (TPSA) is 49.6 Å². The van der Waals surface area contributed by atoms with E-state index in [1.54, 1.807) is 13.0 Å². The zero-order valence-corrected chi connectivity index (χ0v) is 5.30. The summed E-state index contributed by atoms with van der Waals surface area (Å²) in [4.78, 5) is 7.09. The van der Waals surface area contributed by atoms with Gasteiger partial charge >= 0.3 is 0 Å². The Morgan fingerprint density at radius 2 is 2.40 bits per heavy atom. The van der Waals surface area contributed by atoms with Gasteiger partial charge in [-0.3, -0.25) is 0 Å². The van der Waals surface area contributed by atoms with Crippen LogP contribution in [0, 0.1) is 24.1 Å². The lowest BCUT2D eigenvalue weighted by Crippen LogP contribution is -1.94. The van der Waals surface area contributed by atoms with Crippen LogP contribution in [0.25, 0.3) is 0 Å². The first kappa shape index (κ1) is 6.62. The van der Waals surface area contributed by atoms with E-state index in [-0.39, 0.29) is 5.69 Å². The molecule has 0 radical (unpaired) electrons. The third-order valence-corrected chi connectivity index (χ3v) is 0.970. The Balaban J connectivity index is 3.25. The number of aryl methyl sites for hydroxylation is 1. The third kappa shape index (κ3) is 1.08. The highest BCUT2D eigenvalue weighted by Crippen LogP contribution is 1.99. The van der Waals surface area contributed by atoms with E-state index in [9.17, 15) is 4.39 Å². The first-order chi connectivity index (χ1) is 4.74. The lowest BCUT2D eigenvalue weighted by atomic mass is 10.4. The predicted octanol–water partition coefficient (Wildman–Crippen LogP) is 0.796. The molecule has 0 atom stereocenters. The van der Waals surface area contributed by atoms with Crippen LogP contribution in [0.5, 0.6) is 0 Å². The van der Waals surface area contributed by atoms with Crippen molar-refractivity contribution in [3.8, 4) is 6.07 Å². The van der Waals surface area contributed by atoms with Crippen molar-refractivity contribution in [1.82, 2.24) is 9.97 Å². The van der Waals surface area contributed by atoms with Crippen molar-refractivity contribution >= 4 is 0 Å². The second-order valence-corrected chi connectivity index (χ2v) is 1.73. The maximum atomic E-state index is 12.4. The van der Waals surface area contributed by atoms with Gasteiger partial charge in [-0.15, -0.1) is 0 Å². The fourth-order valence-corrected chi connectivity index (χ4v) is 0.534. The lowest BCUT2D eigenvalue weighted by molar-refractivity contribution is 0.605. The molecular weight excluding hydrogens is 133 g/mol. The molecule has 0 aliphatic rings. The van der Waals surface area contributed by atoms with Gasteiger partial charge in [-0.05, 0) is 6.92 Å². The number of halogens is 1. The molecule has 50 valence electrons. The number of hydrogen-bond donors (Lipinski definition) is 0. The second kappa shape index (κ2) is 2.40. The van der Waals surface area contributed by atoms with E-state index in [4.69, 9.17) is 5.26 Å². The fourth-order valence-electron chi connectivity index (χ4n) is 0.534. The van der Waals surface area contributed by atoms with Crippen LogP contribution in [0.2, 0.25) is 0 Å². The monoisotopic (exact) mass is 137 g/mol. The van der Waals surface area contributed by atoms with Crippen LogP contribution in [-0.4, -0.2) is 9.97 Å². The largest absolute Gasteiger partial charge is 0.239 e. The zero-order chi connectivity index (χ0) is 7.56. The van der Waals surface area contributed by atoms with Gasteiger partial charge in [0.25, 0.3) is 0 Å². The Bertz CT molecular complexity index is 290. The quantitative estimate of drug-likeness (QED) is 0.531. The molecule has 0 saturated heterocycles. The Kier molecular flexibility index (Phi) is 1.59. The first-order valence-electron chi connectivity index (χ1n) is 2.63. The predicted molar refractivity (Wildman–Crippen MR) is 31.4 cm³/mol. The number of aromatic nitrogens is 2. The molecule has 4 heteroatoms. The van der Waals surface area contributed by atoms with E-state index in [0.717, 1.165) is 6.20 Å². The van der Waals surface area contributed by atoms with Gasteiger partial charge in [-0.25, -0.2) is 14.4 Å². The van der Waals surface area contributed by atoms with E-state index in [2.05, 4.69) is 9.97 Å². The molecule has 0 aromatic carbocycles. The van der Waals surface area contributed by atoms with Crippen molar-refractivity contribution in [3.05, 3.63) is 23.5 Å². The standard InChI is InChI=1S/C6H4FN3/c1-4-9-3-5(7)6(2-8)10-4/h3H,1H3. The van der Waals surface area contributed by atoms with Gasteiger partial charge in [0.15, 0.2) is 11.5 Å². The molecule has 0 unspecified atom stereocenters. The molecule has 1 aromatic rings. The van der Waals surface area contributed by atoms with Gasteiger partial charge in [-0.2, -0.15) is 5.26 Å². The molecule has 0 bridgehead atoms. The van der Waals surface area contributed by atoms with Crippen LogP contribution in [-0.2, 0) is 0 Å². The van der Waals surface area contributed by atoms with Gasteiger partial charge in [0.2, 0.25) is 0 Å². The van der Waals surface area contributed by atoms with Crippen molar-refractivity contribution in [2.45, 2.75) is 6.92 Å². The van der Waals surface area contributed by atoms with Crippen molar-refractivity contribution in [2.75, 3.05) is 0 Å². The van der Waals surface area contributed by atoms with E-state index in [1.165, 1.54) is 0 Å². The summed E-state index contributed by atoms with van der Waals surface area (Å²) in [5.41, 5.74) is -0.201. The van der Waals surface area contributed by atoms with Crippen LogP contribution in [0.3, 0.4) is 0 Å². The molecule has 10 heavy (non-hydrogen) atoms.